The van der Waals surface area contributed by atoms with Crippen LogP contribution in [0, 0.1) is 0 Å². The van der Waals surface area contributed by atoms with E-state index in [1.54, 1.807) is 25.3 Å². The maximum Gasteiger partial charge on any atom is 0.271 e. The van der Waals surface area contributed by atoms with Crippen molar-refractivity contribution in [3.63, 3.8) is 0 Å². The van der Waals surface area contributed by atoms with Gasteiger partial charge in [-0.3, -0.25) is 25.8 Å². The summed E-state index contributed by atoms with van der Waals surface area (Å²) in [6, 6.07) is 11.7. The largest absolute Gasteiger partial charge is 0.496 e. The Morgan fingerprint density at radius 3 is 2.56 bits per heavy atom. The number of methoxy groups -OCH3 is 1. The average molecular weight is 424 g/mol. The van der Waals surface area contributed by atoms with Gasteiger partial charge < -0.3 is 4.74 Å². The molecule has 0 unspecified atom stereocenters. The number of para-hydroxylation sites is 1. The van der Waals surface area contributed by atoms with Gasteiger partial charge in [-0.05, 0) is 42.6 Å². The van der Waals surface area contributed by atoms with Crippen molar-refractivity contribution in [2.45, 2.75) is 0 Å². The van der Waals surface area contributed by atoms with Crippen LogP contribution in [0.5, 0.6) is 5.75 Å². The average Bonchev–Trinajstić information content (AvgIpc) is 2.64. The summed E-state index contributed by atoms with van der Waals surface area (Å²) in [5.41, 5.74) is 5.71. The lowest BCUT2D eigenvalue weighted by molar-refractivity contribution is -0.115. The first-order valence-corrected chi connectivity index (χ1v) is 8.74. The number of hydrogen-bond acceptors (Lipinski definition) is 4. The zero-order chi connectivity index (χ0) is 19.8. The number of benzene rings is 2. The summed E-state index contributed by atoms with van der Waals surface area (Å²) in [4.78, 5) is 24.0. The fraction of sp³-hybridized carbons (Fsp3) is 0.0556. The molecule has 0 atom stereocenters. The number of hydrazine groups is 1. The summed E-state index contributed by atoms with van der Waals surface area (Å²) >= 11 is 16.7. The highest BCUT2D eigenvalue weighted by atomic mass is 35.5. The van der Waals surface area contributed by atoms with Gasteiger partial charge in [0, 0.05) is 16.7 Å². The highest BCUT2D eigenvalue weighted by Gasteiger charge is 2.11. The Balaban J connectivity index is 1.87. The molecule has 0 saturated heterocycles. The van der Waals surface area contributed by atoms with Crippen molar-refractivity contribution >= 4 is 58.4 Å². The van der Waals surface area contributed by atoms with Crippen LogP contribution in [-0.4, -0.2) is 24.0 Å². The van der Waals surface area contributed by atoms with E-state index in [2.05, 4.69) is 16.2 Å². The first-order valence-electron chi connectivity index (χ1n) is 7.58. The third-order valence-electron chi connectivity index (χ3n) is 3.26. The van der Waals surface area contributed by atoms with Gasteiger partial charge in [0.2, 0.25) is 5.91 Å². The SMILES string of the molecule is COc1ccccc1/C=C/C(=O)NC(=S)NNC(=O)c1ccc(Cl)cc1Cl. The van der Waals surface area contributed by atoms with Crippen LogP contribution in [0.2, 0.25) is 10.0 Å². The maximum atomic E-state index is 12.0. The van der Waals surface area contributed by atoms with Gasteiger partial charge in [-0.25, -0.2) is 0 Å². The standard InChI is InChI=1S/C18H15Cl2N3O3S/c1-26-15-5-3-2-4-11(15)6-9-16(24)21-18(27)23-22-17(25)13-8-7-12(19)10-14(13)20/h2-10H,1H3,(H,22,25)(H2,21,23,24,27)/b9-6+. The van der Waals surface area contributed by atoms with Crippen molar-refractivity contribution in [2.75, 3.05) is 7.11 Å². The van der Waals surface area contributed by atoms with E-state index in [1.165, 1.54) is 24.3 Å². The van der Waals surface area contributed by atoms with Gasteiger partial charge in [0.25, 0.3) is 5.91 Å². The van der Waals surface area contributed by atoms with E-state index in [4.69, 9.17) is 40.2 Å². The van der Waals surface area contributed by atoms with E-state index in [9.17, 15) is 9.59 Å². The fourth-order valence-electron chi connectivity index (χ4n) is 2.01. The van der Waals surface area contributed by atoms with E-state index in [0.29, 0.717) is 10.8 Å². The lowest BCUT2D eigenvalue weighted by Gasteiger charge is -2.10. The van der Waals surface area contributed by atoms with Crippen LogP contribution in [0.25, 0.3) is 6.08 Å². The molecule has 140 valence electrons. The van der Waals surface area contributed by atoms with Crippen molar-refractivity contribution < 1.29 is 14.3 Å². The quantitative estimate of drug-likeness (QED) is 0.399. The van der Waals surface area contributed by atoms with Crippen molar-refractivity contribution in [2.24, 2.45) is 0 Å². The summed E-state index contributed by atoms with van der Waals surface area (Å²) in [7, 11) is 1.54. The number of halogens is 2. The molecule has 2 aromatic carbocycles. The molecular weight excluding hydrogens is 409 g/mol. The van der Waals surface area contributed by atoms with Crippen molar-refractivity contribution in [3.8, 4) is 5.75 Å². The molecule has 0 aliphatic rings. The minimum Gasteiger partial charge on any atom is -0.496 e. The first kappa shape index (κ1) is 20.7. The van der Waals surface area contributed by atoms with Crippen LogP contribution in [0.1, 0.15) is 15.9 Å². The van der Waals surface area contributed by atoms with Crippen LogP contribution in [0.4, 0.5) is 0 Å². The summed E-state index contributed by atoms with van der Waals surface area (Å²) in [6.45, 7) is 0. The van der Waals surface area contributed by atoms with E-state index >= 15 is 0 Å². The molecule has 0 spiro atoms. The molecular formula is C18H15Cl2N3O3S. The Hall–Kier alpha value is -2.61. The molecule has 0 radical (unpaired) electrons. The zero-order valence-corrected chi connectivity index (χ0v) is 16.4. The molecule has 0 aromatic heterocycles. The lowest BCUT2D eigenvalue weighted by atomic mass is 10.2. The van der Waals surface area contributed by atoms with Crippen LogP contribution in [0.15, 0.2) is 48.5 Å². The molecule has 0 aliphatic heterocycles. The number of nitrogens with one attached hydrogen (secondary N) is 3. The Morgan fingerprint density at radius 2 is 1.85 bits per heavy atom. The topological polar surface area (TPSA) is 79.5 Å². The van der Waals surface area contributed by atoms with Crippen molar-refractivity contribution in [1.82, 2.24) is 16.2 Å². The Morgan fingerprint density at radius 1 is 1.11 bits per heavy atom. The molecule has 2 rings (SSSR count). The van der Waals surface area contributed by atoms with Crippen LogP contribution in [0.3, 0.4) is 0 Å². The molecule has 2 aromatic rings. The Bertz CT molecular complexity index is 903. The highest BCUT2D eigenvalue weighted by Crippen LogP contribution is 2.20. The lowest BCUT2D eigenvalue weighted by Crippen LogP contribution is -2.48. The maximum absolute atomic E-state index is 12.0. The van der Waals surface area contributed by atoms with Gasteiger partial charge in [0.05, 0.1) is 17.7 Å². The second kappa shape index (κ2) is 9.91. The van der Waals surface area contributed by atoms with E-state index in [0.717, 1.165) is 5.56 Å². The molecule has 0 aliphatic carbocycles. The highest BCUT2D eigenvalue weighted by molar-refractivity contribution is 7.80. The minimum atomic E-state index is -0.530. The number of thiocarbonyl (C=S) groups is 1. The van der Waals surface area contributed by atoms with Crippen LogP contribution in [-0.2, 0) is 4.79 Å². The zero-order valence-electron chi connectivity index (χ0n) is 14.1. The normalized spacial score (nSPS) is 10.3. The van der Waals surface area contributed by atoms with Gasteiger partial charge in [-0.2, -0.15) is 0 Å². The molecule has 2 amide bonds. The summed E-state index contributed by atoms with van der Waals surface area (Å²) in [6.07, 6.45) is 2.88. The number of hydrogen-bond donors (Lipinski definition) is 3. The number of rotatable bonds is 4. The first-order chi connectivity index (χ1) is 12.9. The second-order valence-electron chi connectivity index (χ2n) is 5.10. The van der Waals surface area contributed by atoms with Crippen molar-refractivity contribution in [3.05, 3.63) is 69.7 Å². The Kier molecular flexibility index (Phi) is 7.60. The minimum absolute atomic E-state index is 0.0805. The molecule has 27 heavy (non-hydrogen) atoms. The van der Waals surface area contributed by atoms with E-state index < -0.39 is 11.8 Å². The van der Waals surface area contributed by atoms with Gasteiger partial charge in [-0.15, -0.1) is 0 Å². The third kappa shape index (κ3) is 6.25. The smallest absolute Gasteiger partial charge is 0.271 e. The van der Waals surface area contributed by atoms with Gasteiger partial charge >= 0.3 is 0 Å². The molecule has 9 heteroatoms. The van der Waals surface area contributed by atoms with Gasteiger partial charge in [-0.1, -0.05) is 41.4 Å². The van der Waals surface area contributed by atoms with Crippen molar-refractivity contribution in [1.29, 1.82) is 0 Å². The predicted octanol–water partition coefficient (Wildman–Crippen LogP) is 3.35. The summed E-state index contributed by atoms with van der Waals surface area (Å²) in [5, 5.41) is 2.93. The molecule has 6 nitrogen and oxygen atoms in total. The summed E-state index contributed by atoms with van der Waals surface area (Å²) in [5.74, 6) is -0.371. The van der Waals surface area contributed by atoms with Crippen LogP contribution >= 0.6 is 35.4 Å². The monoisotopic (exact) mass is 423 g/mol. The van der Waals surface area contributed by atoms with E-state index in [-0.39, 0.29) is 15.7 Å². The third-order valence-corrected chi connectivity index (χ3v) is 4.01. The van der Waals surface area contributed by atoms with Gasteiger partial charge in [0.15, 0.2) is 5.11 Å². The number of amides is 2. The van der Waals surface area contributed by atoms with E-state index in [1.807, 2.05) is 12.1 Å². The molecule has 0 fully saturated rings. The Labute approximate surface area is 171 Å². The summed E-state index contributed by atoms with van der Waals surface area (Å²) < 4.78 is 5.20. The van der Waals surface area contributed by atoms with Crippen LogP contribution < -0.4 is 20.9 Å². The molecule has 3 N–H and O–H groups in total. The fourth-order valence-corrected chi connectivity index (χ4v) is 2.65. The number of ether oxygens (including phenoxy) is 1. The molecule has 0 heterocycles. The predicted molar refractivity (Wildman–Crippen MR) is 110 cm³/mol. The molecule has 0 bridgehead atoms. The second-order valence-corrected chi connectivity index (χ2v) is 6.35. The van der Waals surface area contributed by atoms with Gasteiger partial charge in [0.1, 0.15) is 5.75 Å². The number of carbonyl (C=O) groups is 2. The molecule has 0 saturated carbocycles. The number of carbonyl (C=O) groups excluding carboxylic acids is 2.